The molecule has 1 aromatic rings. The largest absolute Gasteiger partial charge is 0.342 e. The molecular weight excluding hydrogens is 302 g/mol. The van der Waals surface area contributed by atoms with Crippen LogP contribution in [0, 0.1) is 11.3 Å². The van der Waals surface area contributed by atoms with Crippen molar-refractivity contribution < 1.29 is 9.59 Å². The van der Waals surface area contributed by atoms with Gasteiger partial charge in [0, 0.05) is 31.7 Å². The first kappa shape index (κ1) is 17.0. The van der Waals surface area contributed by atoms with E-state index in [1.807, 2.05) is 40.1 Å². The van der Waals surface area contributed by atoms with Crippen LogP contribution in [0.15, 0.2) is 30.3 Å². The number of amides is 2. The number of piperidine rings is 1. The van der Waals surface area contributed by atoms with Crippen LogP contribution in [0.5, 0.6) is 0 Å². The summed E-state index contributed by atoms with van der Waals surface area (Å²) in [6.07, 6.45) is 2.72. The van der Waals surface area contributed by atoms with E-state index >= 15 is 0 Å². The Bertz CT molecular complexity index is 604. The minimum Gasteiger partial charge on any atom is -0.342 e. The van der Waals surface area contributed by atoms with Gasteiger partial charge >= 0.3 is 0 Å². The number of carbonyl (C=O) groups excluding carboxylic acids is 2. The van der Waals surface area contributed by atoms with Gasteiger partial charge in [0.25, 0.3) is 5.91 Å². The number of benzene rings is 1. The van der Waals surface area contributed by atoms with Crippen molar-refractivity contribution >= 4 is 11.8 Å². The second-order valence-electron chi connectivity index (χ2n) is 7.48. The Morgan fingerprint density at radius 2 is 1.96 bits per heavy atom. The van der Waals surface area contributed by atoms with Gasteiger partial charge in [-0.2, -0.15) is 0 Å². The third-order valence-corrected chi connectivity index (χ3v) is 5.44. The lowest BCUT2D eigenvalue weighted by Crippen LogP contribution is -2.46. The molecule has 2 atom stereocenters. The Balaban J connectivity index is 1.63. The Labute approximate surface area is 143 Å². The van der Waals surface area contributed by atoms with Crippen molar-refractivity contribution in [3.63, 3.8) is 0 Å². The molecule has 130 valence electrons. The van der Waals surface area contributed by atoms with E-state index in [0.29, 0.717) is 18.7 Å². The molecule has 2 heterocycles. The fraction of sp³-hybridized carbons (Fsp3) is 0.579. The fourth-order valence-corrected chi connectivity index (χ4v) is 3.76. The molecule has 0 aliphatic carbocycles. The standard InChI is InChI=1S/C19H27N3O2/c1-19(13-20)9-11-22(14-19)18(24)16-8-5-10-21(12-16)17(23)15-6-3-2-4-7-15/h2-4,6-7,16H,5,8-14,20H2,1H3. The van der Waals surface area contributed by atoms with Crippen LogP contribution in [0.25, 0.3) is 0 Å². The Morgan fingerprint density at radius 3 is 2.62 bits per heavy atom. The van der Waals surface area contributed by atoms with Crippen molar-refractivity contribution in [3.8, 4) is 0 Å². The monoisotopic (exact) mass is 329 g/mol. The van der Waals surface area contributed by atoms with Crippen LogP contribution in [-0.2, 0) is 4.79 Å². The average Bonchev–Trinajstić information content (AvgIpc) is 3.04. The summed E-state index contributed by atoms with van der Waals surface area (Å²) in [6, 6.07) is 9.32. The second kappa shape index (κ2) is 6.93. The zero-order valence-electron chi connectivity index (χ0n) is 14.4. The van der Waals surface area contributed by atoms with Gasteiger partial charge in [-0.25, -0.2) is 0 Å². The van der Waals surface area contributed by atoms with Gasteiger partial charge in [-0.15, -0.1) is 0 Å². The predicted molar refractivity (Wildman–Crippen MR) is 93.4 cm³/mol. The number of carbonyl (C=O) groups is 2. The summed E-state index contributed by atoms with van der Waals surface area (Å²) in [5, 5.41) is 0. The summed E-state index contributed by atoms with van der Waals surface area (Å²) < 4.78 is 0. The van der Waals surface area contributed by atoms with Crippen molar-refractivity contribution in [2.45, 2.75) is 26.2 Å². The average molecular weight is 329 g/mol. The van der Waals surface area contributed by atoms with Crippen molar-refractivity contribution in [1.82, 2.24) is 9.80 Å². The Kier molecular flexibility index (Phi) is 4.90. The zero-order chi connectivity index (χ0) is 17.2. The number of nitrogens with zero attached hydrogens (tertiary/aromatic N) is 2. The molecule has 2 fully saturated rings. The molecular formula is C19H27N3O2. The zero-order valence-corrected chi connectivity index (χ0v) is 14.4. The van der Waals surface area contributed by atoms with E-state index in [9.17, 15) is 9.59 Å². The molecule has 2 N–H and O–H groups in total. The van der Waals surface area contributed by atoms with Gasteiger partial charge in [-0.05, 0) is 43.4 Å². The predicted octanol–water partition coefficient (Wildman–Crippen LogP) is 1.74. The number of hydrogen-bond acceptors (Lipinski definition) is 3. The number of hydrogen-bond donors (Lipinski definition) is 1. The van der Waals surface area contributed by atoms with Crippen LogP contribution in [0.3, 0.4) is 0 Å². The van der Waals surface area contributed by atoms with Gasteiger partial charge in [0.2, 0.25) is 5.91 Å². The van der Waals surface area contributed by atoms with E-state index in [1.54, 1.807) is 0 Å². The van der Waals surface area contributed by atoms with Gasteiger partial charge in [0.1, 0.15) is 0 Å². The topological polar surface area (TPSA) is 66.6 Å². The Hall–Kier alpha value is -1.88. The third-order valence-electron chi connectivity index (χ3n) is 5.44. The van der Waals surface area contributed by atoms with Crippen LogP contribution in [0.4, 0.5) is 0 Å². The van der Waals surface area contributed by atoms with Crippen molar-refractivity contribution in [2.75, 3.05) is 32.7 Å². The molecule has 24 heavy (non-hydrogen) atoms. The molecule has 0 radical (unpaired) electrons. The van der Waals surface area contributed by atoms with E-state index in [2.05, 4.69) is 6.92 Å². The van der Waals surface area contributed by atoms with E-state index in [0.717, 1.165) is 38.9 Å². The molecule has 2 aliphatic rings. The van der Waals surface area contributed by atoms with Crippen LogP contribution in [-0.4, -0.2) is 54.3 Å². The highest BCUT2D eigenvalue weighted by atomic mass is 16.2. The maximum absolute atomic E-state index is 12.9. The summed E-state index contributed by atoms with van der Waals surface area (Å²) in [5.41, 5.74) is 6.59. The van der Waals surface area contributed by atoms with E-state index in [1.165, 1.54) is 0 Å². The summed E-state index contributed by atoms with van der Waals surface area (Å²) in [6.45, 7) is 5.55. The first-order valence-corrected chi connectivity index (χ1v) is 8.86. The molecule has 3 rings (SSSR count). The van der Waals surface area contributed by atoms with Crippen molar-refractivity contribution in [1.29, 1.82) is 0 Å². The minimum atomic E-state index is -0.0773. The lowest BCUT2D eigenvalue weighted by molar-refractivity contribution is -0.136. The number of nitrogens with two attached hydrogens (primary N) is 1. The summed E-state index contributed by atoms with van der Waals surface area (Å²) in [7, 11) is 0. The summed E-state index contributed by atoms with van der Waals surface area (Å²) in [5.74, 6) is 0.144. The van der Waals surface area contributed by atoms with Crippen molar-refractivity contribution in [3.05, 3.63) is 35.9 Å². The third kappa shape index (κ3) is 3.46. The van der Waals surface area contributed by atoms with Gasteiger partial charge in [0.15, 0.2) is 0 Å². The van der Waals surface area contributed by atoms with Crippen LogP contribution >= 0.6 is 0 Å². The fourth-order valence-electron chi connectivity index (χ4n) is 3.76. The smallest absolute Gasteiger partial charge is 0.253 e. The molecule has 0 aromatic heterocycles. The van der Waals surface area contributed by atoms with E-state index < -0.39 is 0 Å². The maximum Gasteiger partial charge on any atom is 0.253 e. The number of rotatable bonds is 3. The molecule has 1 aromatic carbocycles. The number of likely N-dealkylation sites (tertiary alicyclic amines) is 2. The van der Waals surface area contributed by atoms with E-state index in [-0.39, 0.29) is 23.1 Å². The molecule has 0 spiro atoms. The van der Waals surface area contributed by atoms with Gasteiger partial charge in [-0.3, -0.25) is 9.59 Å². The molecule has 0 saturated carbocycles. The van der Waals surface area contributed by atoms with Crippen LogP contribution < -0.4 is 5.73 Å². The molecule has 2 aliphatic heterocycles. The minimum absolute atomic E-state index is 0.0290. The lowest BCUT2D eigenvalue weighted by atomic mass is 9.90. The van der Waals surface area contributed by atoms with Crippen molar-refractivity contribution in [2.24, 2.45) is 17.1 Å². The summed E-state index contributed by atoms with van der Waals surface area (Å²) in [4.78, 5) is 29.3. The lowest BCUT2D eigenvalue weighted by Gasteiger charge is -2.34. The Morgan fingerprint density at radius 1 is 1.21 bits per heavy atom. The highest BCUT2D eigenvalue weighted by Crippen LogP contribution is 2.31. The van der Waals surface area contributed by atoms with Gasteiger partial charge in [-0.1, -0.05) is 25.1 Å². The SMILES string of the molecule is CC1(CN)CCN(C(=O)C2CCCN(C(=O)c3ccccc3)C2)C1. The molecule has 5 heteroatoms. The highest BCUT2D eigenvalue weighted by Gasteiger charge is 2.38. The van der Waals surface area contributed by atoms with Crippen LogP contribution in [0.2, 0.25) is 0 Å². The molecule has 2 amide bonds. The van der Waals surface area contributed by atoms with Gasteiger partial charge in [0.05, 0.1) is 5.92 Å². The second-order valence-corrected chi connectivity index (χ2v) is 7.48. The molecule has 5 nitrogen and oxygen atoms in total. The first-order chi connectivity index (χ1) is 11.5. The normalized spacial score (nSPS) is 27.3. The van der Waals surface area contributed by atoms with Gasteiger partial charge < -0.3 is 15.5 Å². The first-order valence-electron chi connectivity index (χ1n) is 8.86. The molecule has 0 bridgehead atoms. The van der Waals surface area contributed by atoms with E-state index in [4.69, 9.17) is 5.73 Å². The molecule has 2 saturated heterocycles. The summed E-state index contributed by atoms with van der Waals surface area (Å²) >= 11 is 0. The molecule has 2 unspecified atom stereocenters. The van der Waals surface area contributed by atoms with Crippen LogP contribution in [0.1, 0.15) is 36.5 Å². The highest BCUT2D eigenvalue weighted by molar-refractivity contribution is 5.94. The maximum atomic E-state index is 12.9. The quantitative estimate of drug-likeness (QED) is 0.918.